The topological polar surface area (TPSA) is 53.2 Å². The summed E-state index contributed by atoms with van der Waals surface area (Å²) in [5, 5.41) is 8.61. The number of amides is 2. The van der Waals surface area contributed by atoms with Crippen LogP contribution in [-0.2, 0) is 0 Å². The van der Waals surface area contributed by atoms with E-state index < -0.39 is 0 Å². The average Bonchev–Trinajstić information content (AvgIpc) is 2.06. The lowest BCUT2D eigenvalue weighted by atomic mass is 10.1. The van der Waals surface area contributed by atoms with Crippen molar-refractivity contribution in [2.45, 2.75) is 18.9 Å². The Balaban J connectivity index is 0.00000121. The molecule has 0 aliphatic carbocycles. The SMILES string of the molecule is CNC(=O)NC1CCCNC1.Cl. The molecule has 0 saturated carbocycles. The van der Waals surface area contributed by atoms with Crippen molar-refractivity contribution in [3.05, 3.63) is 0 Å². The molecule has 1 aliphatic rings. The lowest BCUT2D eigenvalue weighted by Gasteiger charge is -2.23. The van der Waals surface area contributed by atoms with Gasteiger partial charge in [0, 0.05) is 19.6 Å². The predicted molar refractivity (Wildman–Crippen MR) is 50.7 cm³/mol. The molecule has 0 radical (unpaired) electrons. The van der Waals surface area contributed by atoms with Crippen LogP contribution in [0.25, 0.3) is 0 Å². The molecule has 1 rings (SSSR count). The molecule has 4 nitrogen and oxygen atoms in total. The largest absolute Gasteiger partial charge is 0.341 e. The van der Waals surface area contributed by atoms with Gasteiger partial charge in [-0.1, -0.05) is 0 Å². The minimum atomic E-state index is -0.0845. The Labute approximate surface area is 78.9 Å². The van der Waals surface area contributed by atoms with E-state index in [1.54, 1.807) is 7.05 Å². The Kier molecular flexibility index (Phi) is 5.84. The first-order valence-corrected chi connectivity index (χ1v) is 4.02. The fraction of sp³-hybridized carbons (Fsp3) is 0.857. The van der Waals surface area contributed by atoms with Gasteiger partial charge in [-0.2, -0.15) is 0 Å². The smallest absolute Gasteiger partial charge is 0.314 e. The molecular formula is C7H16ClN3O. The molecule has 1 saturated heterocycles. The van der Waals surface area contributed by atoms with E-state index in [0.29, 0.717) is 6.04 Å². The monoisotopic (exact) mass is 193 g/mol. The van der Waals surface area contributed by atoms with Crippen LogP contribution in [0.1, 0.15) is 12.8 Å². The van der Waals surface area contributed by atoms with Crippen LogP contribution in [0.4, 0.5) is 4.79 Å². The number of hydrogen-bond donors (Lipinski definition) is 3. The van der Waals surface area contributed by atoms with Gasteiger partial charge in [0.05, 0.1) is 0 Å². The molecule has 1 atom stereocenters. The Hall–Kier alpha value is -0.480. The van der Waals surface area contributed by atoms with Gasteiger partial charge >= 0.3 is 6.03 Å². The van der Waals surface area contributed by atoms with E-state index in [0.717, 1.165) is 25.9 Å². The number of halogens is 1. The van der Waals surface area contributed by atoms with Crippen molar-refractivity contribution >= 4 is 18.4 Å². The second kappa shape index (κ2) is 6.08. The molecule has 1 fully saturated rings. The Morgan fingerprint density at radius 3 is 2.83 bits per heavy atom. The summed E-state index contributed by atoms with van der Waals surface area (Å²) >= 11 is 0. The highest BCUT2D eigenvalue weighted by Gasteiger charge is 2.13. The quantitative estimate of drug-likeness (QED) is 0.553. The van der Waals surface area contributed by atoms with Gasteiger partial charge in [0.15, 0.2) is 0 Å². The normalized spacial score (nSPS) is 22.2. The molecule has 0 aromatic rings. The summed E-state index contributed by atoms with van der Waals surface area (Å²) in [6.07, 6.45) is 2.23. The highest BCUT2D eigenvalue weighted by molar-refractivity contribution is 5.85. The van der Waals surface area contributed by atoms with Crippen LogP contribution in [-0.4, -0.2) is 32.2 Å². The van der Waals surface area contributed by atoms with Crippen LogP contribution in [0.2, 0.25) is 0 Å². The fourth-order valence-corrected chi connectivity index (χ4v) is 1.23. The van der Waals surface area contributed by atoms with Crippen LogP contribution < -0.4 is 16.0 Å². The van der Waals surface area contributed by atoms with Gasteiger partial charge in [-0.3, -0.25) is 0 Å². The molecule has 12 heavy (non-hydrogen) atoms. The zero-order chi connectivity index (χ0) is 8.10. The first kappa shape index (κ1) is 11.5. The minimum Gasteiger partial charge on any atom is -0.341 e. The third-order valence-corrected chi connectivity index (χ3v) is 1.86. The first-order valence-electron chi connectivity index (χ1n) is 4.02. The summed E-state index contributed by atoms with van der Waals surface area (Å²) in [5.41, 5.74) is 0. The molecule has 2 amide bonds. The van der Waals surface area contributed by atoms with E-state index in [9.17, 15) is 4.79 Å². The van der Waals surface area contributed by atoms with E-state index in [1.165, 1.54) is 0 Å². The number of hydrogen-bond acceptors (Lipinski definition) is 2. The lowest BCUT2D eigenvalue weighted by molar-refractivity contribution is 0.236. The molecular weight excluding hydrogens is 178 g/mol. The van der Waals surface area contributed by atoms with Crippen molar-refractivity contribution < 1.29 is 4.79 Å². The minimum absolute atomic E-state index is 0. The number of carbonyl (C=O) groups is 1. The van der Waals surface area contributed by atoms with Gasteiger partial charge in [-0.25, -0.2) is 4.79 Å². The molecule has 1 heterocycles. The van der Waals surface area contributed by atoms with E-state index in [2.05, 4.69) is 16.0 Å². The number of urea groups is 1. The number of piperidine rings is 1. The summed E-state index contributed by atoms with van der Waals surface area (Å²) in [4.78, 5) is 10.8. The maximum atomic E-state index is 10.8. The summed E-state index contributed by atoms with van der Waals surface area (Å²) in [7, 11) is 1.63. The van der Waals surface area contributed by atoms with Gasteiger partial charge in [0.2, 0.25) is 0 Å². The molecule has 0 aromatic carbocycles. The zero-order valence-electron chi connectivity index (χ0n) is 7.22. The van der Waals surface area contributed by atoms with Gasteiger partial charge in [-0.15, -0.1) is 12.4 Å². The van der Waals surface area contributed by atoms with Crippen molar-refractivity contribution in [1.29, 1.82) is 0 Å². The predicted octanol–water partition coefficient (Wildman–Crippen LogP) is 0.0892. The van der Waals surface area contributed by atoms with Crippen LogP contribution >= 0.6 is 12.4 Å². The van der Waals surface area contributed by atoms with Gasteiger partial charge < -0.3 is 16.0 Å². The maximum Gasteiger partial charge on any atom is 0.314 e. The Morgan fingerprint density at radius 1 is 1.58 bits per heavy atom. The Morgan fingerprint density at radius 2 is 2.33 bits per heavy atom. The molecule has 3 N–H and O–H groups in total. The van der Waals surface area contributed by atoms with Gasteiger partial charge in [0.25, 0.3) is 0 Å². The van der Waals surface area contributed by atoms with E-state index in [4.69, 9.17) is 0 Å². The third-order valence-electron chi connectivity index (χ3n) is 1.86. The third kappa shape index (κ3) is 3.78. The molecule has 0 bridgehead atoms. The molecule has 72 valence electrons. The first-order chi connectivity index (χ1) is 5.33. The van der Waals surface area contributed by atoms with Gasteiger partial charge in [0.1, 0.15) is 0 Å². The summed E-state index contributed by atoms with van der Waals surface area (Å²) in [6.45, 7) is 1.97. The summed E-state index contributed by atoms with van der Waals surface area (Å²) < 4.78 is 0. The molecule has 5 heteroatoms. The van der Waals surface area contributed by atoms with E-state index in [-0.39, 0.29) is 18.4 Å². The van der Waals surface area contributed by atoms with E-state index in [1.807, 2.05) is 0 Å². The van der Waals surface area contributed by atoms with Crippen molar-refractivity contribution in [2.75, 3.05) is 20.1 Å². The van der Waals surface area contributed by atoms with Crippen LogP contribution in [0.15, 0.2) is 0 Å². The standard InChI is InChI=1S/C7H15N3O.ClH/c1-8-7(11)10-6-3-2-4-9-5-6;/h6,9H,2-5H2,1H3,(H2,8,10,11);1H. The molecule has 0 spiro atoms. The van der Waals surface area contributed by atoms with Crippen LogP contribution in [0.3, 0.4) is 0 Å². The van der Waals surface area contributed by atoms with Crippen molar-refractivity contribution in [1.82, 2.24) is 16.0 Å². The second-order valence-corrected chi connectivity index (χ2v) is 2.77. The second-order valence-electron chi connectivity index (χ2n) is 2.77. The van der Waals surface area contributed by atoms with Crippen LogP contribution in [0.5, 0.6) is 0 Å². The highest BCUT2D eigenvalue weighted by Crippen LogP contribution is 2.00. The Bertz CT molecular complexity index is 137. The number of nitrogens with one attached hydrogen (secondary N) is 3. The van der Waals surface area contributed by atoms with Crippen molar-refractivity contribution in [3.8, 4) is 0 Å². The molecule has 1 unspecified atom stereocenters. The summed E-state index contributed by atoms with van der Waals surface area (Å²) in [5.74, 6) is 0. The maximum absolute atomic E-state index is 10.8. The zero-order valence-corrected chi connectivity index (χ0v) is 8.04. The van der Waals surface area contributed by atoms with Gasteiger partial charge in [-0.05, 0) is 19.4 Å². The average molecular weight is 194 g/mol. The summed E-state index contributed by atoms with van der Waals surface area (Å²) in [6, 6.07) is 0.224. The molecule has 0 aromatic heterocycles. The lowest BCUT2D eigenvalue weighted by Crippen LogP contribution is -2.48. The van der Waals surface area contributed by atoms with E-state index >= 15 is 0 Å². The molecule has 1 aliphatic heterocycles. The highest BCUT2D eigenvalue weighted by atomic mass is 35.5. The number of rotatable bonds is 1. The fourth-order valence-electron chi connectivity index (χ4n) is 1.23. The van der Waals surface area contributed by atoms with Crippen LogP contribution in [0, 0.1) is 0 Å². The van der Waals surface area contributed by atoms with Crippen molar-refractivity contribution in [2.24, 2.45) is 0 Å². The number of carbonyl (C=O) groups excluding carboxylic acids is 1. The van der Waals surface area contributed by atoms with Crippen molar-refractivity contribution in [3.63, 3.8) is 0 Å².